The lowest BCUT2D eigenvalue weighted by Crippen LogP contribution is -2.39. The summed E-state index contributed by atoms with van der Waals surface area (Å²) in [7, 11) is 0. The van der Waals surface area contributed by atoms with E-state index in [1.807, 2.05) is 19.1 Å². The van der Waals surface area contributed by atoms with Gasteiger partial charge in [-0.25, -0.2) is 4.79 Å². The molecule has 4 nitrogen and oxygen atoms in total. The van der Waals surface area contributed by atoms with E-state index in [2.05, 4.69) is 5.32 Å². The van der Waals surface area contributed by atoms with Crippen molar-refractivity contribution in [2.75, 3.05) is 18.5 Å². The van der Waals surface area contributed by atoms with Crippen LogP contribution in [0.5, 0.6) is 5.75 Å². The monoisotopic (exact) mass is 269 g/mol. The van der Waals surface area contributed by atoms with Crippen molar-refractivity contribution in [3.8, 4) is 5.75 Å². The highest BCUT2D eigenvalue weighted by molar-refractivity contribution is 6.31. The summed E-state index contributed by atoms with van der Waals surface area (Å²) < 4.78 is 10.6. The molecule has 1 N–H and O–H groups in total. The SMILES string of the molecule is CCOC(=O)C1CNc2cc(Cl)c(CC)cc2O1. The number of carbonyl (C=O) groups is 1. The van der Waals surface area contributed by atoms with Gasteiger partial charge in [0.2, 0.25) is 6.10 Å². The number of nitrogens with one attached hydrogen (secondary N) is 1. The number of aryl methyl sites for hydroxylation is 1. The molecule has 0 saturated heterocycles. The van der Waals surface area contributed by atoms with Crippen LogP contribution in [0.25, 0.3) is 0 Å². The van der Waals surface area contributed by atoms with Crippen LogP contribution in [0.4, 0.5) is 5.69 Å². The average Bonchev–Trinajstić information content (AvgIpc) is 2.37. The van der Waals surface area contributed by atoms with Crippen molar-refractivity contribution in [3.63, 3.8) is 0 Å². The highest BCUT2D eigenvalue weighted by Crippen LogP contribution is 2.34. The third-order valence-corrected chi connectivity index (χ3v) is 3.18. The van der Waals surface area contributed by atoms with Crippen molar-refractivity contribution in [2.24, 2.45) is 0 Å². The predicted molar refractivity (Wildman–Crippen MR) is 70.4 cm³/mol. The summed E-state index contributed by atoms with van der Waals surface area (Å²) >= 11 is 6.12. The first-order valence-corrected chi connectivity index (χ1v) is 6.43. The molecule has 18 heavy (non-hydrogen) atoms. The molecule has 0 spiro atoms. The van der Waals surface area contributed by atoms with E-state index in [0.29, 0.717) is 23.9 Å². The number of hydrogen-bond acceptors (Lipinski definition) is 4. The van der Waals surface area contributed by atoms with Gasteiger partial charge in [0.15, 0.2) is 0 Å². The van der Waals surface area contributed by atoms with E-state index < -0.39 is 6.10 Å². The molecule has 1 aromatic carbocycles. The Balaban J connectivity index is 2.20. The van der Waals surface area contributed by atoms with Crippen molar-refractivity contribution < 1.29 is 14.3 Å². The number of halogens is 1. The van der Waals surface area contributed by atoms with Crippen LogP contribution in [0, 0.1) is 0 Å². The Labute approximate surface area is 111 Å². The maximum Gasteiger partial charge on any atom is 0.349 e. The summed E-state index contributed by atoms with van der Waals surface area (Å²) in [6, 6.07) is 3.70. The van der Waals surface area contributed by atoms with E-state index in [1.165, 1.54) is 0 Å². The Morgan fingerprint density at radius 1 is 1.56 bits per heavy atom. The second kappa shape index (κ2) is 5.48. The Morgan fingerprint density at radius 2 is 2.33 bits per heavy atom. The number of esters is 1. The van der Waals surface area contributed by atoms with E-state index in [9.17, 15) is 4.79 Å². The zero-order valence-electron chi connectivity index (χ0n) is 10.5. The summed E-state index contributed by atoms with van der Waals surface area (Å²) in [4.78, 5) is 11.6. The number of carbonyl (C=O) groups excluding carboxylic acids is 1. The van der Waals surface area contributed by atoms with Gasteiger partial charge < -0.3 is 14.8 Å². The van der Waals surface area contributed by atoms with Crippen LogP contribution in [0.3, 0.4) is 0 Å². The van der Waals surface area contributed by atoms with Gasteiger partial charge in [0, 0.05) is 5.02 Å². The first-order valence-electron chi connectivity index (χ1n) is 6.05. The zero-order valence-corrected chi connectivity index (χ0v) is 11.2. The summed E-state index contributed by atoms with van der Waals surface area (Å²) in [5.41, 5.74) is 1.82. The molecule has 1 unspecified atom stereocenters. The molecule has 1 aliphatic rings. The molecular formula is C13H16ClNO3. The van der Waals surface area contributed by atoms with Gasteiger partial charge in [0.25, 0.3) is 0 Å². The first kappa shape index (κ1) is 13.0. The van der Waals surface area contributed by atoms with Gasteiger partial charge in [-0.2, -0.15) is 0 Å². The fraction of sp³-hybridized carbons (Fsp3) is 0.462. The Bertz CT molecular complexity index is 462. The largest absolute Gasteiger partial charge is 0.475 e. The molecule has 0 bridgehead atoms. The molecule has 0 aromatic heterocycles. The van der Waals surface area contributed by atoms with Crippen molar-refractivity contribution in [2.45, 2.75) is 26.4 Å². The van der Waals surface area contributed by atoms with Gasteiger partial charge in [-0.15, -0.1) is 0 Å². The van der Waals surface area contributed by atoms with Crippen molar-refractivity contribution in [3.05, 3.63) is 22.7 Å². The van der Waals surface area contributed by atoms with Crippen LogP contribution < -0.4 is 10.1 Å². The topological polar surface area (TPSA) is 47.6 Å². The molecule has 0 amide bonds. The second-order valence-electron chi connectivity index (χ2n) is 4.03. The number of hydrogen-bond donors (Lipinski definition) is 1. The smallest absolute Gasteiger partial charge is 0.349 e. The number of anilines is 1. The van der Waals surface area contributed by atoms with E-state index in [-0.39, 0.29) is 5.97 Å². The van der Waals surface area contributed by atoms with Crippen molar-refractivity contribution in [1.29, 1.82) is 0 Å². The molecule has 1 atom stereocenters. The maximum atomic E-state index is 11.6. The molecule has 0 saturated carbocycles. The lowest BCUT2D eigenvalue weighted by atomic mass is 10.1. The van der Waals surface area contributed by atoms with Gasteiger partial charge in [-0.05, 0) is 31.0 Å². The van der Waals surface area contributed by atoms with Gasteiger partial charge in [-0.3, -0.25) is 0 Å². The molecular weight excluding hydrogens is 254 g/mol. The molecule has 0 aliphatic carbocycles. The predicted octanol–water partition coefficient (Wildman–Crippen LogP) is 2.64. The molecule has 98 valence electrons. The van der Waals surface area contributed by atoms with Crippen LogP contribution in [-0.4, -0.2) is 25.2 Å². The minimum Gasteiger partial charge on any atom is -0.475 e. The zero-order chi connectivity index (χ0) is 13.1. The van der Waals surface area contributed by atoms with Crippen LogP contribution >= 0.6 is 11.6 Å². The normalized spacial score (nSPS) is 17.4. The van der Waals surface area contributed by atoms with E-state index >= 15 is 0 Å². The molecule has 2 rings (SSSR count). The van der Waals surface area contributed by atoms with Gasteiger partial charge in [0.1, 0.15) is 5.75 Å². The summed E-state index contributed by atoms with van der Waals surface area (Å²) in [6.07, 6.45) is 0.225. The van der Waals surface area contributed by atoms with Crippen LogP contribution in [0.15, 0.2) is 12.1 Å². The first-order chi connectivity index (χ1) is 8.65. The highest BCUT2D eigenvalue weighted by Gasteiger charge is 2.27. The molecule has 1 heterocycles. The van der Waals surface area contributed by atoms with Crippen LogP contribution in [-0.2, 0) is 16.0 Å². The summed E-state index contributed by atoms with van der Waals surface area (Å²) in [5, 5.41) is 3.84. The Kier molecular flexibility index (Phi) is 3.97. The standard InChI is InChI=1S/C13H16ClNO3/c1-3-8-5-11-10(6-9(8)14)15-7-12(18-11)13(16)17-4-2/h5-6,12,15H,3-4,7H2,1-2H3. The van der Waals surface area contributed by atoms with Gasteiger partial charge in [-0.1, -0.05) is 18.5 Å². The highest BCUT2D eigenvalue weighted by atomic mass is 35.5. The van der Waals surface area contributed by atoms with E-state index in [0.717, 1.165) is 17.7 Å². The van der Waals surface area contributed by atoms with Crippen molar-refractivity contribution in [1.82, 2.24) is 0 Å². The van der Waals surface area contributed by atoms with Gasteiger partial charge >= 0.3 is 5.97 Å². The number of rotatable bonds is 3. The molecule has 1 aromatic rings. The van der Waals surface area contributed by atoms with Crippen molar-refractivity contribution >= 4 is 23.3 Å². The van der Waals surface area contributed by atoms with Gasteiger partial charge in [0.05, 0.1) is 18.8 Å². The van der Waals surface area contributed by atoms with Crippen LogP contribution in [0.2, 0.25) is 5.02 Å². The molecule has 0 radical (unpaired) electrons. The van der Waals surface area contributed by atoms with E-state index in [4.69, 9.17) is 21.1 Å². The number of benzene rings is 1. The van der Waals surface area contributed by atoms with E-state index in [1.54, 1.807) is 6.92 Å². The molecule has 1 aliphatic heterocycles. The third-order valence-electron chi connectivity index (χ3n) is 2.83. The Morgan fingerprint density at radius 3 is 3.00 bits per heavy atom. The third kappa shape index (κ3) is 2.53. The lowest BCUT2D eigenvalue weighted by molar-refractivity contribution is -0.150. The fourth-order valence-corrected chi connectivity index (χ4v) is 2.16. The number of ether oxygens (including phenoxy) is 2. The van der Waals surface area contributed by atoms with Crippen LogP contribution in [0.1, 0.15) is 19.4 Å². The fourth-order valence-electron chi connectivity index (χ4n) is 1.87. The minimum atomic E-state index is -0.594. The molecule has 5 heteroatoms. The summed E-state index contributed by atoms with van der Waals surface area (Å²) in [5.74, 6) is 0.309. The number of fused-ring (bicyclic) bond motifs is 1. The maximum absolute atomic E-state index is 11.6. The quantitative estimate of drug-likeness (QED) is 0.857. The molecule has 0 fully saturated rings. The average molecular weight is 270 g/mol. The second-order valence-corrected chi connectivity index (χ2v) is 4.44. The lowest BCUT2D eigenvalue weighted by Gasteiger charge is -2.26. The Hall–Kier alpha value is -1.42. The minimum absolute atomic E-state index is 0.344. The summed E-state index contributed by atoms with van der Waals surface area (Å²) in [6.45, 7) is 4.55.